The molecular weight excluding hydrogens is 481 g/mol. The minimum Gasteiger partial charge on any atom is -0.370 e. The van der Waals surface area contributed by atoms with Gasteiger partial charge in [-0.15, -0.1) is 5.10 Å². The van der Waals surface area contributed by atoms with Gasteiger partial charge in [0, 0.05) is 55.2 Å². The second-order valence-corrected chi connectivity index (χ2v) is 10.1. The van der Waals surface area contributed by atoms with Crippen LogP contribution in [0, 0.1) is 28.9 Å². The highest BCUT2D eigenvalue weighted by molar-refractivity contribution is 5.60. The first-order chi connectivity index (χ1) is 17.2. The number of nitrogens with zero attached hydrogens (tertiary/aromatic N) is 6. The maximum Gasteiger partial charge on any atom is 0.433 e. The second-order valence-electron chi connectivity index (χ2n) is 10.1. The molecule has 1 spiro atoms. The largest absolute Gasteiger partial charge is 0.433 e. The summed E-state index contributed by atoms with van der Waals surface area (Å²) >= 11 is 0. The van der Waals surface area contributed by atoms with Crippen LogP contribution in [0.3, 0.4) is 0 Å². The van der Waals surface area contributed by atoms with Crippen molar-refractivity contribution in [1.29, 1.82) is 0 Å². The van der Waals surface area contributed by atoms with Crippen LogP contribution in [0.5, 0.6) is 0 Å². The van der Waals surface area contributed by atoms with Crippen LogP contribution in [0.15, 0.2) is 36.5 Å². The van der Waals surface area contributed by atoms with Gasteiger partial charge >= 0.3 is 6.18 Å². The standard InChI is InChI=1S/C24H22F5N7/c25-17-2-1-14(9-18(17)26)35-7-8-36-22(35)32-21(33-36)31-20-15-3-5-23(15)12-34(11-16(20)23)13-4-6-30-19(10-13)24(27,28)29/h1-2,4,6,9-10,15-16,20H,3,5,7-8,11-12H2,(H,31,33)/t15?,16-,20+,23?/m0/s1. The van der Waals surface area contributed by atoms with Gasteiger partial charge in [0.2, 0.25) is 11.9 Å². The highest BCUT2D eigenvalue weighted by Gasteiger charge is 2.70. The lowest BCUT2D eigenvalue weighted by atomic mass is 9.41. The van der Waals surface area contributed by atoms with E-state index in [2.05, 4.69) is 20.4 Å². The fraction of sp³-hybridized carbons (Fsp3) is 0.458. The van der Waals surface area contributed by atoms with Crippen LogP contribution >= 0.6 is 0 Å². The van der Waals surface area contributed by atoms with E-state index >= 15 is 0 Å². The summed E-state index contributed by atoms with van der Waals surface area (Å²) in [4.78, 5) is 12.0. The number of pyridine rings is 1. The number of fused-ring (bicyclic) bond motifs is 1. The highest BCUT2D eigenvalue weighted by atomic mass is 19.4. The fourth-order valence-electron chi connectivity index (χ4n) is 6.72. The zero-order valence-electron chi connectivity index (χ0n) is 19.0. The monoisotopic (exact) mass is 503 g/mol. The molecule has 4 atom stereocenters. The molecule has 7 rings (SSSR count). The Morgan fingerprint density at radius 1 is 1.00 bits per heavy atom. The van der Waals surface area contributed by atoms with Crippen LogP contribution in [-0.4, -0.2) is 45.4 Å². The van der Waals surface area contributed by atoms with Crippen molar-refractivity contribution >= 4 is 23.3 Å². The van der Waals surface area contributed by atoms with Crippen molar-refractivity contribution in [2.45, 2.75) is 31.6 Å². The van der Waals surface area contributed by atoms with Gasteiger partial charge in [0.05, 0.1) is 6.54 Å². The molecule has 188 valence electrons. The van der Waals surface area contributed by atoms with Gasteiger partial charge in [-0.25, -0.2) is 13.5 Å². The summed E-state index contributed by atoms with van der Waals surface area (Å²) in [5.41, 5.74) is 0.292. The molecule has 7 nitrogen and oxygen atoms in total. The number of aromatic nitrogens is 4. The third-order valence-corrected chi connectivity index (χ3v) is 8.51. The number of hydrogen-bond donors (Lipinski definition) is 1. The van der Waals surface area contributed by atoms with E-state index in [0.717, 1.165) is 37.6 Å². The minimum absolute atomic E-state index is 0.111. The van der Waals surface area contributed by atoms with Crippen LogP contribution in [0.2, 0.25) is 0 Å². The average molecular weight is 503 g/mol. The summed E-state index contributed by atoms with van der Waals surface area (Å²) in [5.74, 6) is -0.0853. The van der Waals surface area contributed by atoms with E-state index in [1.54, 1.807) is 15.6 Å². The van der Waals surface area contributed by atoms with Crippen LogP contribution in [-0.2, 0) is 12.7 Å². The van der Waals surface area contributed by atoms with Crippen molar-refractivity contribution in [3.8, 4) is 0 Å². The smallest absolute Gasteiger partial charge is 0.370 e. The lowest BCUT2D eigenvalue weighted by Crippen LogP contribution is -2.68. The predicted octanol–water partition coefficient (Wildman–Crippen LogP) is 4.45. The van der Waals surface area contributed by atoms with E-state index in [-0.39, 0.29) is 17.4 Å². The fourth-order valence-corrected chi connectivity index (χ4v) is 6.72. The van der Waals surface area contributed by atoms with Gasteiger partial charge in [-0.2, -0.15) is 18.2 Å². The van der Waals surface area contributed by atoms with Crippen molar-refractivity contribution in [2.24, 2.45) is 17.3 Å². The van der Waals surface area contributed by atoms with E-state index in [1.807, 2.05) is 4.90 Å². The molecular formula is C24H22F5N7. The molecule has 36 heavy (non-hydrogen) atoms. The maximum atomic E-state index is 13.8. The Kier molecular flexibility index (Phi) is 4.42. The molecule has 2 aliphatic carbocycles. The third kappa shape index (κ3) is 3.05. The van der Waals surface area contributed by atoms with Crippen molar-refractivity contribution in [3.63, 3.8) is 0 Å². The lowest BCUT2D eigenvalue weighted by Gasteiger charge is -2.65. The number of nitrogens with one attached hydrogen (secondary N) is 1. The first kappa shape index (κ1) is 21.8. The minimum atomic E-state index is -4.48. The van der Waals surface area contributed by atoms with E-state index in [9.17, 15) is 22.0 Å². The van der Waals surface area contributed by atoms with Gasteiger partial charge in [0.1, 0.15) is 5.69 Å². The summed E-state index contributed by atoms with van der Waals surface area (Å²) in [6.07, 6.45) is -1.14. The summed E-state index contributed by atoms with van der Waals surface area (Å²) in [5, 5.41) is 8.06. The van der Waals surface area contributed by atoms with Gasteiger partial charge in [0.15, 0.2) is 11.6 Å². The Labute approximate surface area is 202 Å². The molecule has 2 aromatic heterocycles. The molecule has 0 amide bonds. The molecule has 1 saturated heterocycles. The van der Waals surface area contributed by atoms with Gasteiger partial charge in [-0.1, -0.05) is 0 Å². The summed E-state index contributed by atoms with van der Waals surface area (Å²) < 4.78 is 68.4. The van der Waals surface area contributed by atoms with E-state index in [4.69, 9.17) is 0 Å². The second kappa shape index (κ2) is 7.30. The number of rotatable bonds is 4. The third-order valence-electron chi connectivity index (χ3n) is 8.51. The zero-order chi connectivity index (χ0) is 24.8. The molecule has 2 aliphatic heterocycles. The summed E-state index contributed by atoms with van der Waals surface area (Å²) in [7, 11) is 0. The van der Waals surface area contributed by atoms with Gasteiger partial charge < -0.3 is 15.1 Å². The Bertz CT molecular complexity index is 1360. The molecule has 2 saturated carbocycles. The highest BCUT2D eigenvalue weighted by Crippen LogP contribution is 2.68. The van der Waals surface area contributed by atoms with E-state index in [0.29, 0.717) is 48.8 Å². The summed E-state index contributed by atoms with van der Waals surface area (Å²) in [6.45, 7) is 2.52. The van der Waals surface area contributed by atoms with E-state index in [1.165, 1.54) is 12.3 Å². The van der Waals surface area contributed by atoms with Crippen molar-refractivity contribution in [1.82, 2.24) is 19.7 Å². The lowest BCUT2D eigenvalue weighted by molar-refractivity contribution is -0.141. The number of alkyl halides is 3. The van der Waals surface area contributed by atoms with Crippen LogP contribution in [0.1, 0.15) is 18.5 Å². The Morgan fingerprint density at radius 3 is 2.61 bits per heavy atom. The molecule has 3 aromatic rings. The van der Waals surface area contributed by atoms with E-state index < -0.39 is 23.5 Å². The molecule has 3 fully saturated rings. The molecule has 4 heterocycles. The van der Waals surface area contributed by atoms with Gasteiger partial charge in [-0.05, 0) is 48.4 Å². The first-order valence-electron chi connectivity index (χ1n) is 12.0. The predicted molar refractivity (Wildman–Crippen MR) is 121 cm³/mol. The zero-order valence-corrected chi connectivity index (χ0v) is 19.0. The quantitative estimate of drug-likeness (QED) is 0.531. The molecule has 12 heteroatoms. The number of halogens is 5. The Morgan fingerprint density at radius 2 is 1.86 bits per heavy atom. The number of anilines is 4. The van der Waals surface area contributed by atoms with Crippen LogP contribution in [0.4, 0.5) is 45.2 Å². The number of hydrogen-bond acceptors (Lipinski definition) is 6. The van der Waals surface area contributed by atoms with Gasteiger partial charge in [-0.3, -0.25) is 4.98 Å². The Hall–Kier alpha value is -3.44. The number of benzene rings is 1. The average Bonchev–Trinajstić information content (AvgIpc) is 3.52. The van der Waals surface area contributed by atoms with Crippen LogP contribution in [0.25, 0.3) is 0 Å². The van der Waals surface area contributed by atoms with Crippen molar-refractivity contribution in [2.75, 3.05) is 34.8 Å². The SMILES string of the molecule is Fc1ccc(N2CCn3nc(N[C@@H]4C5CCC56CN(c5ccnc(C(F)(F)F)c5)C[C@@H]46)nc32)cc1F. The Balaban J connectivity index is 1.09. The molecule has 4 aliphatic rings. The molecule has 0 bridgehead atoms. The summed E-state index contributed by atoms with van der Waals surface area (Å²) in [6, 6.07) is 6.67. The molecule has 2 unspecified atom stereocenters. The topological polar surface area (TPSA) is 62.1 Å². The van der Waals surface area contributed by atoms with Crippen LogP contribution < -0.4 is 15.1 Å². The van der Waals surface area contributed by atoms with Gasteiger partial charge in [0.25, 0.3) is 0 Å². The normalized spacial score (nSPS) is 28.3. The molecule has 1 N–H and O–H groups in total. The maximum absolute atomic E-state index is 13.8. The van der Waals surface area contributed by atoms with Crippen molar-refractivity contribution in [3.05, 3.63) is 53.9 Å². The molecule has 0 radical (unpaired) electrons. The first-order valence-corrected chi connectivity index (χ1v) is 12.0. The van der Waals surface area contributed by atoms with Crippen molar-refractivity contribution < 1.29 is 22.0 Å². The molecule has 1 aromatic carbocycles.